The Morgan fingerprint density at radius 2 is 1.90 bits per heavy atom. The predicted molar refractivity (Wildman–Crippen MR) is 78.5 cm³/mol. The van der Waals surface area contributed by atoms with E-state index < -0.39 is 0 Å². The molecule has 0 heterocycles. The van der Waals surface area contributed by atoms with Crippen molar-refractivity contribution in [1.29, 1.82) is 0 Å². The van der Waals surface area contributed by atoms with Gasteiger partial charge in [-0.05, 0) is 39.7 Å². The van der Waals surface area contributed by atoms with Crippen LogP contribution in [0.4, 0.5) is 10.1 Å². The van der Waals surface area contributed by atoms with Crippen LogP contribution in [0.15, 0.2) is 46.9 Å². The molecule has 20 heavy (non-hydrogen) atoms. The van der Waals surface area contributed by atoms with Crippen molar-refractivity contribution in [2.24, 2.45) is 0 Å². The molecule has 0 atom stereocenters. The van der Waals surface area contributed by atoms with Crippen LogP contribution in [0.25, 0.3) is 0 Å². The second-order valence-corrected chi connectivity index (χ2v) is 5.08. The molecule has 5 heteroatoms. The van der Waals surface area contributed by atoms with E-state index in [9.17, 15) is 9.18 Å². The smallest absolute Gasteiger partial charge is 0.310 e. The summed E-state index contributed by atoms with van der Waals surface area (Å²) in [5.74, 6) is -0.747. The van der Waals surface area contributed by atoms with Crippen LogP contribution in [0, 0.1) is 5.82 Å². The molecule has 0 bridgehead atoms. The van der Waals surface area contributed by atoms with Crippen molar-refractivity contribution in [2.75, 3.05) is 5.73 Å². The van der Waals surface area contributed by atoms with Crippen LogP contribution in [0.2, 0.25) is 0 Å². The maximum atomic E-state index is 13.3. The lowest BCUT2D eigenvalue weighted by Gasteiger charge is -2.07. The molecular weight excluding hydrogens is 325 g/mol. The fraction of sp³-hybridized carbons (Fsp3) is 0.133. The molecule has 0 aromatic heterocycles. The Balaban J connectivity index is 1.92. The van der Waals surface area contributed by atoms with Gasteiger partial charge in [0.1, 0.15) is 12.4 Å². The number of benzene rings is 2. The predicted octanol–water partition coefficient (Wildman–Crippen LogP) is 3.46. The highest BCUT2D eigenvalue weighted by Crippen LogP contribution is 2.21. The number of nitrogens with two attached hydrogens (primary N) is 1. The highest BCUT2D eigenvalue weighted by molar-refractivity contribution is 9.10. The molecule has 0 unspecified atom stereocenters. The van der Waals surface area contributed by atoms with Gasteiger partial charge in [0.2, 0.25) is 0 Å². The Kier molecular flexibility index (Phi) is 4.74. The molecule has 0 fully saturated rings. The lowest BCUT2D eigenvalue weighted by atomic mass is 10.1. The van der Waals surface area contributed by atoms with Crippen molar-refractivity contribution in [3.63, 3.8) is 0 Å². The van der Waals surface area contributed by atoms with Crippen molar-refractivity contribution in [2.45, 2.75) is 13.0 Å². The third-order valence-electron chi connectivity index (χ3n) is 2.75. The highest BCUT2D eigenvalue weighted by Gasteiger charge is 2.09. The Hall–Kier alpha value is -1.88. The normalized spacial score (nSPS) is 10.3. The minimum atomic E-state index is -0.378. The highest BCUT2D eigenvalue weighted by atomic mass is 79.9. The molecule has 104 valence electrons. The molecule has 0 aliphatic heterocycles. The van der Waals surface area contributed by atoms with Gasteiger partial charge in [-0.15, -0.1) is 0 Å². The number of ether oxygens (including phenoxy) is 1. The van der Waals surface area contributed by atoms with Gasteiger partial charge in [0.25, 0.3) is 0 Å². The second kappa shape index (κ2) is 6.52. The molecule has 2 N–H and O–H groups in total. The molecule has 2 aromatic carbocycles. The number of anilines is 1. The first-order valence-electron chi connectivity index (χ1n) is 5.99. The van der Waals surface area contributed by atoms with E-state index in [1.165, 1.54) is 6.07 Å². The summed E-state index contributed by atoms with van der Waals surface area (Å²) in [5.41, 5.74) is 7.63. The van der Waals surface area contributed by atoms with Gasteiger partial charge in [0.05, 0.1) is 10.9 Å². The van der Waals surface area contributed by atoms with Crippen LogP contribution in [0.3, 0.4) is 0 Å². The van der Waals surface area contributed by atoms with E-state index in [0.29, 0.717) is 15.7 Å². The number of carbonyl (C=O) groups excluding carboxylic acids is 1. The Bertz CT molecular complexity index is 614. The molecule has 0 aliphatic carbocycles. The summed E-state index contributed by atoms with van der Waals surface area (Å²) in [6, 6.07) is 11.6. The quantitative estimate of drug-likeness (QED) is 0.686. The number of carbonyl (C=O) groups is 1. The van der Waals surface area contributed by atoms with E-state index in [-0.39, 0.29) is 24.8 Å². The zero-order valence-corrected chi connectivity index (χ0v) is 12.2. The Morgan fingerprint density at radius 1 is 1.20 bits per heavy atom. The van der Waals surface area contributed by atoms with Crippen LogP contribution in [-0.2, 0) is 22.6 Å². The van der Waals surface area contributed by atoms with Crippen LogP contribution in [-0.4, -0.2) is 5.97 Å². The van der Waals surface area contributed by atoms with Crippen LogP contribution < -0.4 is 5.73 Å². The van der Waals surface area contributed by atoms with Gasteiger partial charge >= 0.3 is 5.97 Å². The summed E-state index contributed by atoms with van der Waals surface area (Å²) in [6.45, 7) is 0.0339. The maximum absolute atomic E-state index is 13.3. The summed E-state index contributed by atoms with van der Waals surface area (Å²) in [6.07, 6.45) is 0.160. The largest absolute Gasteiger partial charge is 0.461 e. The van der Waals surface area contributed by atoms with E-state index in [1.807, 2.05) is 0 Å². The summed E-state index contributed by atoms with van der Waals surface area (Å²) >= 11 is 3.12. The van der Waals surface area contributed by atoms with E-state index >= 15 is 0 Å². The molecule has 2 rings (SSSR count). The first-order valence-corrected chi connectivity index (χ1v) is 6.78. The molecule has 0 spiro atoms. The first-order chi connectivity index (χ1) is 9.56. The van der Waals surface area contributed by atoms with Gasteiger partial charge in [-0.1, -0.05) is 24.3 Å². The van der Waals surface area contributed by atoms with Gasteiger partial charge in [0, 0.05) is 11.3 Å². The average molecular weight is 338 g/mol. The average Bonchev–Trinajstić information content (AvgIpc) is 2.43. The SMILES string of the molecule is Nc1ccc(CC(=O)OCc2cccc(F)c2Br)cc1. The summed E-state index contributed by atoms with van der Waals surface area (Å²) < 4.78 is 18.7. The molecule has 0 saturated heterocycles. The van der Waals surface area contributed by atoms with Gasteiger partial charge < -0.3 is 10.5 Å². The number of rotatable bonds is 4. The van der Waals surface area contributed by atoms with E-state index in [4.69, 9.17) is 10.5 Å². The van der Waals surface area contributed by atoms with E-state index in [2.05, 4.69) is 15.9 Å². The van der Waals surface area contributed by atoms with Gasteiger partial charge in [-0.2, -0.15) is 0 Å². The molecule has 0 radical (unpaired) electrons. The van der Waals surface area contributed by atoms with Crippen LogP contribution in [0.1, 0.15) is 11.1 Å². The van der Waals surface area contributed by atoms with E-state index in [0.717, 1.165) is 5.56 Å². The van der Waals surface area contributed by atoms with Crippen molar-refractivity contribution >= 4 is 27.6 Å². The summed E-state index contributed by atoms with van der Waals surface area (Å²) in [5, 5.41) is 0. The Morgan fingerprint density at radius 3 is 2.60 bits per heavy atom. The minimum absolute atomic E-state index is 0.0339. The van der Waals surface area contributed by atoms with Crippen molar-refractivity contribution in [3.05, 3.63) is 63.9 Å². The lowest BCUT2D eigenvalue weighted by Crippen LogP contribution is -2.08. The number of hydrogen-bond acceptors (Lipinski definition) is 3. The number of nitrogen functional groups attached to an aromatic ring is 1. The molecule has 3 nitrogen and oxygen atoms in total. The zero-order chi connectivity index (χ0) is 14.5. The van der Waals surface area contributed by atoms with Crippen LogP contribution in [0.5, 0.6) is 0 Å². The number of hydrogen-bond donors (Lipinski definition) is 1. The minimum Gasteiger partial charge on any atom is -0.461 e. The zero-order valence-electron chi connectivity index (χ0n) is 10.6. The summed E-state index contributed by atoms with van der Waals surface area (Å²) in [4.78, 5) is 11.7. The van der Waals surface area contributed by atoms with Crippen LogP contribution >= 0.6 is 15.9 Å². The first kappa shape index (κ1) is 14.5. The van der Waals surface area contributed by atoms with Crippen molar-refractivity contribution in [1.82, 2.24) is 0 Å². The molecule has 2 aromatic rings. The maximum Gasteiger partial charge on any atom is 0.310 e. The lowest BCUT2D eigenvalue weighted by molar-refractivity contribution is -0.144. The van der Waals surface area contributed by atoms with Gasteiger partial charge in [0.15, 0.2) is 0 Å². The fourth-order valence-corrected chi connectivity index (χ4v) is 2.05. The fourth-order valence-electron chi connectivity index (χ4n) is 1.67. The van der Waals surface area contributed by atoms with Gasteiger partial charge in [-0.25, -0.2) is 4.39 Å². The third kappa shape index (κ3) is 3.81. The molecule has 0 amide bonds. The summed E-state index contributed by atoms with van der Waals surface area (Å²) in [7, 11) is 0. The van der Waals surface area contributed by atoms with E-state index in [1.54, 1.807) is 36.4 Å². The van der Waals surface area contributed by atoms with Crippen molar-refractivity contribution in [3.8, 4) is 0 Å². The Labute approximate surface area is 124 Å². The van der Waals surface area contributed by atoms with Crippen molar-refractivity contribution < 1.29 is 13.9 Å². The number of esters is 1. The van der Waals surface area contributed by atoms with Gasteiger partial charge in [-0.3, -0.25) is 4.79 Å². The molecule has 0 saturated carbocycles. The standard InChI is InChI=1S/C15H13BrFNO2/c16-15-11(2-1-3-13(15)17)9-20-14(19)8-10-4-6-12(18)7-5-10/h1-7H,8-9,18H2. The molecule has 0 aliphatic rings. The second-order valence-electron chi connectivity index (χ2n) is 4.29. The number of halogens is 2. The monoisotopic (exact) mass is 337 g/mol. The third-order valence-corrected chi connectivity index (χ3v) is 3.64. The molecular formula is C15H13BrFNO2. The topological polar surface area (TPSA) is 52.3 Å².